The Labute approximate surface area is 178 Å². The molecule has 0 amide bonds. The van der Waals surface area contributed by atoms with Gasteiger partial charge in [-0.3, -0.25) is 9.89 Å². The molecule has 0 unspecified atom stereocenters. The van der Waals surface area contributed by atoms with Gasteiger partial charge >= 0.3 is 0 Å². The van der Waals surface area contributed by atoms with Gasteiger partial charge in [0.05, 0.1) is 18.6 Å². The van der Waals surface area contributed by atoms with Crippen LogP contribution in [0.2, 0.25) is 0 Å². The van der Waals surface area contributed by atoms with E-state index >= 15 is 0 Å². The molecule has 6 rings (SSSR count). The van der Waals surface area contributed by atoms with Crippen molar-refractivity contribution in [1.29, 1.82) is 0 Å². The van der Waals surface area contributed by atoms with E-state index in [1.807, 2.05) is 4.90 Å². The number of ketones is 1. The molecule has 1 aliphatic heterocycles. The van der Waals surface area contributed by atoms with Crippen molar-refractivity contribution in [2.75, 3.05) is 31.2 Å². The molecule has 1 saturated carbocycles. The maximum atomic E-state index is 12.9. The molecule has 31 heavy (non-hydrogen) atoms. The van der Waals surface area contributed by atoms with Gasteiger partial charge in [0.2, 0.25) is 5.88 Å². The Morgan fingerprint density at radius 2 is 2.06 bits per heavy atom. The highest BCUT2D eigenvalue weighted by Crippen LogP contribution is 2.47. The van der Waals surface area contributed by atoms with Crippen molar-refractivity contribution in [3.05, 3.63) is 11.3 Å². The number of aromatic amines is 1. The van der Waals surface area contributed by atoms with E-state index in [2.05, 4.69) is 20.3 Å². The van der Waals surface area contributed by atoms with Gasteiger partial charge in [-0.05, 0) is 32.1 Å². The number of aliphatic hydroxyl groups excluding tert-OH is 1. The summed E-state index contributed by atoms with van der Waals surface area (Å²) in [6.45, 7) is 1.44. The van der Waals surface area contributed by atoms with E-state index < -0.39 is 5.41 Å². The summed E-state index contributed by atoms with van der Waals surface area (Å²) in [7, 11) is 0. The van der Waals surface area contributed by atoms with Crippen LogP contribution in [0.5, 0.6) is 5.88 Å². The summed E-state index contributed by atoms with van der Waals surface area (Å²) in [6.07, 6.45) is 5.94. The van der Waals surface area contributed by atoms with Crippen molar-refractivity contribution >= 4 is 22.6 Å². The van der Waals surface area contributed by atoms with Crippen LogP contribution in [-0.4, -0.2) is 62.5 Å². The summed E-state index contributed by atoms with van der Waals surface area (Å²) >= 11 is 0. The zero-order chi connectivity index (χ0) is 21.0. The minimum atomic E-state index is -0.537. The molecule has 3 aliphatic rings. The molecule has 3 aromatic heterocycles. The van der Waals surface area contributed by atoms with Gasteiger partial charge < -0.3 is 19.3 Å². The van der Waals surface area contributed by atoms with Crippen molar-refractivity contribution in [3.63, 3.8) is 0 Å². The molecule has 10 nitrogen and oxygen atoms in total. The molecule has 0 saturated heterocycles. The van der Waals surface area contributed by atoms with Gasteiger partial charge in [0.15, 0.2) is 22.9 Å². The first-order valence-corrected chi connectivity index (χ1v) is 11.0. The number of carbonyl (C=O) groups is 1. The van der Waals surface area contributed by atoms with E-state index in [-0.39, 0.29) is 12.4 Å². The van der Waals surface area contributed by atoms with Crippen LogP contribution in [-0.2, 0) is 16.6 Å². The molecule has 2 N–H and O–H groups in total. The third kappa shape index (κ3) is 2.70. The zero-order valence-electron chi connectivity index (χ0n) is 17.2. The monoisotopic (exact) mass is 424 g/mol. The fourth-order valence-electron chi connectivity index (χ4n) is 5.39. The highest BCUT2D eigenvalue weighted by molar-refractivity contribution is 5.94. The van der Waals surface area contributed by atoms with Gasteiger partial charge in [0, 0.05) is 18.5 Å². The van der Waals surface area contributed by atoms with Crippen molar-refractivity contribution in [2.45, 2.75) is 50.4 Å². The predicted molar refractivity (Wildman–Crippen MR) is 110 cm³/mol. The Bertz CT molecular complexity index is 1170. The van der Waals surface area contributed by atoms with Crippen LogP contribution >= 0.6 is 0 Å². The maximum Gasteiger partial charge on any atom is 0.246 e. The number of nitrogens with zero attached hydrogens (tertiary/aromatic N) is 5. The van der Waals surface area contributed by atoms with Crippen LogP contribution in [0, 0.1) is 0 Å². The third-order valence-corrected chi connectivity index (χ3v) is 6.89. The Kier molecular flexibility index (Phi) is 4.24. The molecular formula is C21H24N6O4. The number of β-amino-alcohol motifs (C(OH)–C–C–N with tert-alkyl or cyclic N) is 1. The second-order valence-corrected chi connectivity index (χ2v) is 8.59. The van der Waals surface area contributed by atoms with Gasteiger partial charge in [-0.25, -0.2) is 9.97 Å². The van der Waals surface area contributed by atoms with Crippen LogP contribution in [0.15, 0.2) is 4.52 Å². The van der Waals surface area contributed by atoms with Crippen LogP contribution < -0.4 is 9.64 Å². The first-order valence-electron chi connectivity index (χ1n) is 11.0. The second kappa shape index (κ2) is 7.01. The molecule has 1 atom stereocenters. The largest absolute Gasteiger partial charge is 0.474 e. The lowest BCUT2D eigenvalue weighted by atomic mass is 9.64. The van der Waals surface area contributed by atoms with Crippen LogP contribution in [0.4, 0.5) is 5.82 Å². The topological polar surface area (TPSA) is 130 Å². The van der Waals surface area contributed by atoms with E-state index in [9.17, 15) is 9.90 Å². The molecule has 4 heterocycles. The molecule has 2 aliphatic carbocycles. The minimum absolute atomic E-state index is 0.00198. The van der Waals surface area contributed by atoms with Gasteiger partial charge in [-0.2, -0.15) is 0 Å². The Balaban J connectivity index is 1.50. The number of ether oxygens (including phenoxy) is 1. The number of rotatable bonds is 3. The molecule has 1 spiro atoms. The zero-order valence-corrected chi connectivity index (χ0v) is 17.2. The lowest BCUT2D eigenvalue weighted by Gasteiger charge is -2.36. The number of fused-ring (bicyclic) bond motifs is 2. The molecule has 0 radical (unpaired) electrons. The van der Waals surface area contributed by atoms with Gasteiger partial charge in [-0.1, -0.05) is 11.6 Å². The number of nitrogens with one attached hydrogen (secondary N) is 1. The maximum absolute atomic E-state index is 12.9. The molecule has 10 heteroatoms. The standard InChI is InChI=1S/C21H24N6O4/c28-10-8-27-9-11-30-20-14-17(24-25-20)22-18(23-19(14)27)15-12-4-3-7-21(16(12)31-26-15)6-2-1-5-13(21)29/h28H,1-11H2,(H,22,23,24,25)/t21-/m1/s1. The van der Waals surface area contributed by atoms with E-state index in [1.54, 1.807) is 0 Å². The van der Waals surface area contributed by atoms with Gasteiger partial charge in [0.1, 0.15) is 23.6 Å². The lowest BCUT2D eigenvalue weighted by molar-refractivity contribution is -0.128. The number of carbonyl (C=O) groups excluding carboxylic acids is 1. The normalized spacial score (nSPS) is 23.1. The molecule has 1 fully saturated rings. The number of aromatic nitrogens is 5. The van der Waals surface area contributed by atoms with Crippen molar-refractivity contribution in [2.24, 2.45) is 0 Å². The SMILES string of the molecule is O=C1CCCC[C@@]12CCCc1c(-c3nc4c5c(n[nH]c5n3)OCCN4CCO)noc12. The Morgan fingerprint density at radius 1 is 1.16 bits per heavy atom. The number of aliphatic hydroxyl groups is 1. The molecule has 0 bridgehead atoms. The molecule has 3 aromatic rings. The quantitative estimate of drug-likeness (QED) is 0.647. The average molecular weight is 424 g/mol. The summed E-state index contributed by atoms with van der Waals surface area (Å²) in [5.74, 6) is 2.55. The summed E-state index contributed by atoms with van der Waals surface area (Å²) in [5.41, 5.74) is 1.56. The van der Waals surface area contributed by atoms with Gasteiger partial charge in [0.25, 0.3) is 0 Å². The smallest absolute Gasteiger partial charge is 0.246 e. The summed E-state index contributed by atoms with van der Waals surface area (Å²) < 4.78 is 11.6. The number of Topliss-reactive ketones (excluding diaryl/α,β-unsaturated/α-hetero) is 1. The Morgan fingerprint density at radius 3 is 2.94 bits per heavy atom. The number of H-pyrrole nitrogens is 1. The van der Waals surface area contributed by atoms with Crippen molar-refractivity contribution in [3.8, 4) is 17.4 Å². The number of hydrogen-bond donors (Lipinski definition) is 2. The second-order valence-electron chi connectivity index (χ2n) is 8.59. The van der Waals surface area contributed by atoms with Crippen LogP contribution in [0.3, 0.4) is 0 Å². The first kappa shape index (κ1) is 18.7. The van der Waals surface area contributed by atoms with E-state index in [0.717, 1.165) is 44.1 Å². The fraction of sp³-hybridized carbons (Fsp3) is 0.571. The van der Waals surface area contributed by atoms with Crippen molar-refractivity contribution < 1.29 is 19.2 Å². The molecule has 162 valence electrons. The van der Waals surface area contributed by atoms with E-state index in [0.29, 0.717) is 66.1 Å². The predicted octanol–water partition coefficient (Wildman–Crippen LogP) is 1.92. The highest BCUT2D eigenvalue weighted by Gasteiger charge is 2.48. The van der Waals surface area contributed by atoms with Gasteiger partial charge in [-0.15, -0.1) is 5.10 Å². The summed E-state index contributed by atoms with van der Waals surface area (Å²) in [5, 5.41) is 21.8. The fourth-order valence-corrected chi connectivity index (χ4v) is 5.39. The molecular weight excluding hydrogens is 400 g/mol. The summed E-state index contributed by atoms with van der Waals surface area (Å²) in [4.78, 5) is 24.4. The van der Waals surface area contributed by atoms with E-state index in [4.69, 9.17) is 14.2 Å². The van der Waals surface area contributed by atoms with E-state index in [1.165, 1.54) is 0 Å². The van der Waals surface area contributed by atoms with Crippen LogP contribution in [0.1, 0.15) is 49.8 Å². The average Bonchev–Trinajstić information content (AvgIpc) is 3.35. The number of hydrogen-bond acceptors (Lipinski definition) is 9. The summed E-state index contributed by atoms with van der Waals surface area (Å²) in [6, 6.07) is 0. The lowest BCUT2D eigenvalue weighted by Crippen LogP contribution is -2.41. The van der Waals surface area contributed by atoms with Crippen LogP contribution in [0.25, 0.3) is 22.6 Å². The highest BCUT2D eigenvalue weighted by atomic mass is 16.5. The first-order chi connectivity index (χ1) is 15.2. The number of anilines is 1. The Hall–Kier alpha value is -3.01. The third-order valence-electron chi connectivity index (χ3n) is 6.89. The molecule has 0 aromatic carbocycles. The van der Waals surface area contributed by atoms with Crippen molar-refractivity contribution in [1.82, 2.24) is 25.3 Å². The minimum Gasteiger partial charge on any atom is -0.474 e.